The zero-order chi connectivity index (χ0) is 20.1. The Morgan fingerprint density at radius 1 is 0.964 bits per heavy atom. The minimum Gasteiger partial charge on any atom is -0.465 e. The fourth-order valence-electron chi connectivity index (χ4n) is 3.44. The largest absolute Gasteiger partial charge is 0.465 e. The number of ether oxygens (including phenoxy) is 1. The maximum Gasteiger partial charge on any atom is 0.339 e. The summed E-state index contributed by atoms with van der Waals surface area (Å²) in [6.45, 7) is 2.99. The van der Waals surface area contributed by atoms with Gasteiger partial charge in [-0.1, -0.05) is 30.3 Å². The number of carbonyl (C=O) groups is 3. The van der Waals surface area contributed by atoms with E-state index in [2.05, 4.69) is 5.32 Å². The van der Waals surface area contributed by atoms with E-state index < -0.39 is 5.97 Å². The molecule has 146 valence electrons. The number of nitrogens with one attached hydrogen (secondary N) is 1. The van der Waals surface area contributed by atoms with Gasteiger partial charge in [-0.25, -0.2) is 4.79 Å². The molecule has 0 bridgehead atoms. The molecule has 6 heteroatoms. The predicted molar refractivity (Wildman–Crippen MR) is 106 cm³/mol. The summed E-state index contributed by atoms with van der Waals surface area (Å²) in [5, 5.41) is 2.84. The maximum atomic E-state index is 12.7. The number of hydrogen-bond donors (Lipinski definition) is 1. The number of likely N-dealkylation sites (tertiary alicyclic amines) is 1. The molecular formula is C22H24N2O4. The Balaban J connectivity index is 1.61. The Hall–Kier alpha value is -3.15. The number of carbonyl (C=O) groups excluding carboxylic acids is 3. The van der Waals surface area contributed by atoms with E-state index in [9.17, 15) is 14.4 Å². The highest BCUT2D eigenvalue weighted by Crippen LogP contribution is 2.23. The first kappa shape index (κ1) is 19.6. The van der Waals surface area contributed by atoms with Crippen molar-refractivity contribution >= 4 is 23.5 Å². The summed E-state index contributed by atoms with van der Waals surface area (Å²) in [5.74, 6) is -0.825. The van der Waals surface area contributed by atoms with Gasteiger partial charge in [-0.2, -0.15) is 0 Å². The van der Waals surface area contributed by atoms with Crippen LogP contribution in [0.1, 0.15) is 39.1 Å². The highest BCUT2D eigenvalue weighted by atomic mass is 16.5. The van der Waals surface area contributed by atoms with Crippen LogP contribution in [0.15, 0.2) is 48.5 Å². The number of para-hydroxylation sites is 1. The van der Waals surface area contributed by atoms with Crippen LogP contribution in [0, 0.1) is 12.8 Å². The lowest BCUT2D eigenvalue weighted by atomic mass is 9.94. The molecule has 28 heavy (non-hydrogen) atoms. The number of amides is 2. The van der Waals surface area contributed by atoms with Crippen molar-refractivity contribution in [2.75, 3.05) is 25.5 Å². The number of hydrogen-bond acceptors (Lipinski definition) is 4. The van der Waals surface area contributed by atoms with Crippen molar-refractivity contribution in [3.63, 3.8) is 0 Å². The van der Waals surface area contributed by atoms with Crippen LogP contribution >= 0.6 is 0 Å². The molecule has 0 aliphatic carbocycles. The molecule has 1 saturated heterocycles. The lowest BCUT2D eigenvalue weighted by Gasteiger charge is -2.31. The molecule has 0 saturated carbocycles. The number of rotatable bonds is 4. The Kier molecular flexibility index (Phi) is 6.09. The van der Waals surface area contributed by atoms with Gasteiger partial charge < -0.3 is 15.0 Å². The lowest BCUT2D eigenvalue weighted by molar-refractivity contribution is -0.121. The van der Waals surface area contributed by atoms with E-state index in [0.717, 1.165) is 5.56 Å². The first-order chi connectivity index (χ1) is 13.5. The summed E-state index contributed by atoms with van der Waals surface area (Å²) >= 11 is 0. The van der Waals surface area contributed by atoms with Gasteiger partial charge in [0.25, 0.3) is 5.91 Å². The highest BCUT2D eigenvalue weighted by molar-refractivity contribution is 6.02. The van der Waals surface area contributed by atoms with Crippen LogP contribution in [0.5, 0.6) is 0 Å². The Bertz CT molecular complexity index is 886. The third-order valence-electron chi connectivity index (χ3n) is 5.12. The smallest absolute Gasteiger partial charge is 0.339 e. The van der Waals surface area contributed by atoms with Gasteiger partial charge in [0.2, 0.25) is 5.91 Å². The van der Waals surface area contributed by atoms with Gasteiger partial charge in [-0.15, -0.1) is 0 Å². The van der Waals surface area contributed by atoms with Crippen molar-refractivity contribution < 1.29 is 19.1 Å². The molecule has 1 fully saturated rings. The van der Waals surface area contributed by atoms with Crippen molar-refractivity contribution in [1.29, 1.82) is 0 Å². The molecule has 0 unspecified atom stereocenters. The summed E-state index contributed by atoms with van der Waals surface area (Å²) in [4.78, 5) is 39.0. The van der Waals surface area contributed by atoms with E-state index in [-0.39, 0.29) is 17.7 Å². The van der Waals surface area contributed by atoms with Crippen LogP contribution in [-0.2, 0) is 9.53 Å². The monoisotopic (exact) mass is 380 g/mol. The number of methoxy groups -OCH3 is 1. The van der Waals surface area contributed by atoms with Crippen LogP contribution < -0.4 is 5.32 Å². The molecule has 6 nitrogen and oxygen atoms in total. The molecule has 3 rings (SSSR count). The van der Waals surface area contributed by atoms with Crippen molar-refractivity contribution in [3.05, 3.63) is 65.2 Å². The van der Waals surface area contributed by atoms with Crippen molar-refractivity contribution in [2.24, 2.45) is 5.92 Å². The minimum atomic E-state index is -0.491. The molecule has 0 atom stereocenters. The van der Waals surface area contributed by atoms with Gasteiger partial charge in [0.1, 0.15) is 0 Å². The van der Waals surface area contributed by atoms with E-state index in [1.807, 2.05) is 31.2 Å². The molecule has 0 aromatic heterocycles. The van der Waals surface area contributed by atoms with Crippen LogP contribution in [0.2, 0.25) is 0 Å². The van der Waals surface area contributed by atoms with Crippen LogP contribution in [0.4, 0.5) is 5.69 Å². The molecule has 2 aromatic rings. The number of esters is 1. The van der Waals surface area contributed by atoms with Gasteiger partial charge in [-0.05, 0) is 43.5 Å². The number of aryl methyl sites for hydroxylation is 1. The van der Waals surface area contributed by atoms with E-state index in [0.29, 0.717) is 42.7 Å². The third-order valence-corrected chi connectivity index (χ3v) is 5.12. The van der Waals surface area contributed by atoms with E-state index in [4.69, 9.17) is 4.74 Å². The number of anilines is 1. The van der Waals surface area contributed by atoms with Gasteiger partial charge in [0.05, 0.1) is 18.4 Å². The average molecular weight is 380 g/mol. The van der Waals surface area contributed by atoms with Crippen molar-refractivity contribution in [1.82, 2.24) is 4.90 Å². The number of piperidine rings is 1. The summed E-state index contributed by atoms with van der Waals surface area (Å²) in [6.07, 6.45) is 1.17. The van der Waals surface area contributed by atoms with Gasteiger partial charge in [0.15, 0.2) is 0 Å². The van der Waals surface area contributed by atoms with Gasteiger partial charge in [0, 0.05) is 24.6 Å². The quantitative estimate of drug-likeness (QED) is 0.826. The second-order valence-corrected chi connectivity index (χ2v) is 6.91. The minimum absolute atomic E-state index is 0.00740. The lowest BCUT2D eigenvalue weighted by Crippen LogP contribution is -2.41. The van der Waals surface area contributed by atoms with E-state index >= 15 is 0 Å². The second-order valence-electron chi connectivity index (χ2n) is 6.91. The summed E-state index contributed by atoms with van der Waals surface area (Å²) in [7, 11) is 1.31. The fourth-order valence-corrected chi connectivity index (χ4v) is 3.44. The Morgan fingerprint density at radius 3 is 2.21 bits per heavy atom. The molecule has 2 aromatic carbocycles. The Labute approximate surface area is 164 Å². The van der Waals surface area contributed by atoms with Crippen molar-refractivity contribution in [2.45, 2.75) is 19.8 Å². The van der Waals surface area contributed by atoms with Crippen LogP contribution in [0.3, 0.4) is 0 Å². The molecular weight excluding hydrogens is 356 g/mol. The summed E-state index contributed by atoms with van der Waals surface area (Å²) in [6, 6.07) is 14.3. The molecule has 0 radical (unpaired) electrons. The maximum absolute atomic E-state index is 12.7. The normalized spacial score (nSPS) is 14.4. The Morgan fingerprint density at radius 2 is 1.57 bits per heavy atom. The molecule has 1 N–H and O–H groups in total. The topological polar surface area (TPSA) is 75.7 Å². The molecule has 1 heterocycles. The first-order valence-corrected chi connectivity index (χ1v) is 9.34. The van der Waals surface area contributed by atoms with E-state index in [1.165, 1.54) is 7.11 Å². The molecule has 2 amide bonds. The molecule has 1 aliphatic heterocycles. The fraction of sp³-hybridized carbons (Fsp3) is 0.318. The number of benzene rings is 2. The van der Waals surface area contributed by atoms with Crippen molar-refractivity contribution in [3.8, 4) is 0 Å². The first-order valence-electron chi connectivity index (χ1n) is 9.34. The van der Waals surface area contributed by atoms with Crippen LogP contribution in [-0.4, -0.2) is 42.9 Å². The second kappa shape index (κ2) is 8.69. The standard InChI is InChI=1S/C22H24N2O4/c1-15-7-3-4-8-17(15)21(26)24-13-11-16(12-14-24)20(25)23-19-10-6-5-9-18(19)22(27)28-2/h3-10,16H,11-14H2,1-2H3,(H,23,25). The predicted octanol–water partition coefficient (Wildman–Crippen LogP) is 3.27. The SMILES string of the molecule is COC(=O)c1ccccc1NC(=O)C1CCN(C(=O)c2ccccc2C)CC1. The molecule has 0 spiro atoms. The zero-order valence-corrected chi connectivity index (χ0v) is 16.1. The molecule has 1 aliphatic rings. The third kappa shape index (κ3) is 4.22. The van der Waals surface area contributed by atoms with Gasteiger partial charge >= 0.3 is 5.97 Å². The summed E-state index contributed by atoms with van der Waals surface area (Å²) < 4.78 is 4.76. The van der Waals surface area contributed by atoms with E-state index in [1.54, 1.807) is 29.2 Å². The van der Waals surface area contributed by atoms with Crippen LogP contribution in [0.25, 0.3) is 0 Å². The number of nitrogens with zero attached hydrogens (tertiary/aromatic N) is 1. The summed E-state index contributed by atoms with van der Waals surface area (Å²) in [5.41, 5.74) is 2.42. The van der Waals surface area contributed by atoms with Gasteiger partial charge in [-0.3, -0.25) is 9.59 Å². The highest BCUT2D eigenvalue weighted by Gasteiger charge is 2.29. The zero-order valence-electron chi connectivity index (χ0n) is 16.1. The average Bonchev–Trinajstić information content (AvgIpc) is 2.73.